The van der Waals surface area contributed by atoms with E-state index in [0.717, 1.165) is 25.9 Å². The normalized spacial score (nSPS) is 20.4. The number of hydrogen-bond donors (Lipinski definition) is 1. The quantitative estimate of drug-likeness (QED) is 0.852. The zero-order chi connectivity index (χ0) is 14.6. The molecule has 1 aromatic heterocycles. The van der Waals surface area contributed by atoms with Crippen LogP contribution in [0.15, 0.2) is 10.6 Å². The van der Waals surface area contributed by atoms with E-state index in [1.54, 1.807) is 17.3 Å². The van der Waals surface area contributed by atoms with Gasteiger partial charge in [-0.2, -0.15) is 0 Å². The van der Waals surface area contributed by atoms with Gasteiger partial charge in [-0.3, -0.25) is 0 Å². The highest BCUT2D eigenvalue weighted by Gasteiger charge is 2.26. The number of hydrogen-bond acceptors (Lipinski definition) is 5. The second-order valence-electron chi connectivity index (χ2n) is 5.35. The largest absolute Gasteiger partial charge is 0.361 e. The minimum Gasteiger partial charge on any atom is -0.361 e. The molecule has 2 heterocycles. The summed E-state index contributed by atoms with van der Waals surface area (Å²) < 4.78 is 31.4. The van der Waals surface area contributed by atoms with Crippen molar-refractivity contribution in [3.63, 3.8) is 0 Å². The molecule has 1 unspecified atom stereocenters. The molecular weight excluding hydrogens is 278 g/mol. The summed E-state index contributed by atoms with van der Waals surface area (Å²) >= 11 is 0. The minimum atomic E-state index is -3.33. The van der Waals surface area contributed by atoms with Gasteiger partial charge in [-0.05, 0) is 38.8 Å². The Morgan fingerprint density at radius 3 is 2.90 bits per heavy atom. The van der Waals surface area contributed by atoms with Gasteiger partial charge in [-0.15, -0.1) is 0 Å². The van der Waals surface area contributed by atoms with Crippen LogP contribution in [0.25, 0.3) is 0 Å². The molecule has 1 fully saturated rings. The first-order valence-electron chi connectivity index (χ1n) is 7.12. The van der Waals surface area contributed by atoms with Crippen molar-refractivity contribution in [1.29, 1.82) is 0 Å². The van der Waals surface area contributed by atoms with Crippen molar-refractivity contribution in [1.82, 2.24) is 14.8 Å². The first-order chi connectivity index (χ1) is 9.51. The molecule has 0 aromatic carbocycles. The molecule has 0 aliphatic carbocycles. The predicted octanol–water partition coefficient (Wildman–Crippen LogP) is 1.13. The number of nitrogens with zero attached hydrogens (tertiary/aromatic N) is 2. The van der Waals surface area contributed by atoms with Crippen LogP contribution in [0.2, 0.25) is 0 Å². The molecule has 20 heavy (non-hydrogen) atoms. The van der Waals surface area contributed by atoms with Crippen LogP contribution in [0.3, 0.4) is 0 Å². The molecule has 1 atom stereocenters. The second kappa shape index (κ2) is 6.69. The summed E-state index contributed by atoms with van der Waals surface area (Å²) in [4.78, 5) is 0. The van der Waals surface area contributed by atoms with Crippen LogP contribution in [0, 0.1) is 12.8 Å². The van der Waals surface area contributed by atoms with Crippen molar-refractivity contribution in [3.05, 3.63) is 17.5 Å². The van der Waals surface area contributed by atoms with Crippen molar-refractivity contribution in [3.8, 4) is 0 Å². The maximum Gasteiger partial charge on any atom is 0.219 e. The molecule has 2 rings (SSSR count). The number of rotatable bonds is 6. The maximum absolute atomic E-state index is 12.4. The van der Waals surface area contributed by atoms with Gasteiger partial charge in [0, 0.05) is 19.2 Å². The zero-order valence-electron chi connectivity index (χ0n) is 12.1. The van der Waals surface area contributed by atoms with Crippen molar-refractivity contribution in [2.24, 2.45) is 5.92 Å². The lowest BCUT2D eigenvalue weighted by atomic mass is 10.00. The first kappa shape index (κ1) is 15.5. The summed E-state index contributed by atoms with van der Waals surface area (Å²) in [5.41, 5.74) is 0.475. The number of piperidine rings is 1. The standard InChI is InChI=1S/C13H23N3O3S/c1-3-16(9-12-5-4-6-14-8-12)20(17,18)10-13-7-11(2)19-15-13/h7,12,14H,3-6,8-10H2,1-2H3. The zero-order valence-corrected chi connectivity index (χ0v) is 12.9. The van der Waals surface area contributed by atoms with Crippen molar-refractivity contribution >= 4 is 10.0 Å². The average molecular weight is 301 g/mol. The van der Waals surface area contributed by atoms with E-state index in [1.807, 2.05) is 6.92 Å². The highest BCUT2D eigenvalue weighted by atomic mass is 32.2. The van der Waals surface area contributed by atoms with E-state index in [4.69, 9.17) is 4.52 Å². The monoisotopic (exact) mass is 301 g/mol. The Morgan fingerprint density at radius 2 is 2.35 bits per heavy atom. The molecule has 1 aliphatic heterocycles. The van der Waals surface area contributed by atoms with Gasteiger partial charge in [-0.25, -0.2) is 12.7 Å². The van der Waals surface area contributed by atoms with E-state index >= 15 is 0 Å². The van der Waals surface area contributed by atoms with Gasteiger partial charge in [0.15, 0.2) is 0 Å². The molecule has 0 bridgehead atoms. The fraction of sp³-hybridized carbons (Fsp3) is 0.769. The topological polar surface area (TPSA) is 75.4 Å². The first-order valence-corrected chi connectivity index (χ1v) is 8.73. The van der Waals surface area contributed by atoms with E-state index in [2.05, 4.69) is 10.5 Å². The third-order valence-electron chi connectivity index (χ3n) is 3.61. The smallest absolute Gasteiger partial charge is 0.219 e. The Labute approximate surface area is 120 Å². The summed E-state index contributed by atoms with van der Waals surface area (Å²) in [5.74, 6) is 0.949. The third-order valence-corrected chi connectivity index (χ3v) is 5.47. The van der Waals surface area contributed by atoms with Crippen LogP contribution >= 0.6 is 0 Å². The lowest BCUT2D eigenvalue weighted by molar-refractivity contribution is 0.297. The van der Waals surface area contributed by atoms with Crippen molar-refractivity contribution < 1.29 is 12.9 Å². The Kier molecular flexibility index (Phi) is 5.17. The highest BCUT2D eigenvalue weighted by Crippen LogP contribution is 2.16. The maximum atomic E-state index is 12.4. The number of aromatic nitrogens is 1. The molecule has 0 spiro atoms. The Morgan fingerprint density at radius 1 is 1.55 bits per heavy atom. The van der Waals surface area contributed by atoms with Gasteiger partial charge in [0.1, 0.15) is 17.2 Å². The summed E-state index contributed by atoms with van der Waals surface area (Å²) in [6.07, 6.45) is 2.20. The lowest BCUT2D eigenvalue weighted by Gasteiger charge is -2.28. The summed E-state index contributed by atoms with van der Waals surface area (Å²) in [6, 6.07) is 1.67. The SMILES string of the molecule is CCN(CC1CCCNC1)S(=O)(=O)Cc1cc(C)on1. The molecule has 0 radical (unpaired) electrons. The van der Waals surface area contributed by atoms with E-state index in [-0.39, 0.29) is 5.75 Å². The molecule has 0 amide bonds. The average Bonchev–Trinajstić information content (AvgIpc) is 2.81. The Balaban J connectivity index is 2.00. The summed E-state index contributed by atoms with van der Waals surface area (Å²) in [5, 5.41) is 7.09. The van der Waals surface area contributed by atoms with Crippen molar-refractivity contribution in [2.45, 2.75) is 32.4 Å². The predicted molar refractivity (Wildman–Crippen MR) is 76.7 cm³/mol. The molecule has 0 saturated carbocycles. The van der Waals surface area contributed by atoms with E-state index in [1.165, 1.54) is 0 Å². The van der Waals surface area contributed by atoms with Gasteiger partial charge in [0.05, 0.1) is 0 Å². The lowest BCUT2D eigenvalue weighted by Crippen LogP contribution is -2.41. The third kappa shape index (κ3) is 4.04. The van der Waals surface area contributed by atoms with Crippen LogP contribution in [0.5, 0.6) is 0 Å². The fourth-order valence-corrected chi connectivity index (χ4v) is 4.10. The molecule has 1 saturated heterocycles. The molecule has 114 valence electrons. The summed E-state index contributed by atoms with van der Waals surface area (Å²) in [6.45, 7) is 6.65. The molecule has 1 aromatic rings. The van der Waals surface area contributed by atoms with Crippen LogP contribution in [0.1, 0.15) is 31.2 Å². The number of aryl methyl sites for hydroxylation is 1. The van der Waals surface area contributed by atoms with Gasteiger partial charge in [-0.1, -0.05) is 12.1 Å². The van der Waals surface area contributed by atoms with Crippen LogP contribution in [-0.2, 0) is 15.8 Å². The molecule has 1 aliphatic rings. The fourth-order valence-electron chi connectivity index (χ4n) is 2.57. The van der Waals surface area contributed by atoms with Crippen LogP contribution < -0.4 is 5.32 Å². The second-order valence-corrected chi connectivity index (χ2v) is 7.32. The van der Waals surface area contributed by atoms with E-state index in [0.29, 0.717) is 30.5 Å². The molecule has 6 nitrogen and oxygen atoms in total. The number of nitrogens with one attached hydrogen (secondary N) is 1. The Hall–Kier alpha value is -0.920. The van der Waals surface area contributed by atoms with E-state index < -0.39 is 10.0 Å². The van der Waals surface area contributed by atoms with E-state index in [9.17, 15) is 8.42 Å². The van der Waals surface area contributed by atoms with Crippen LogP contribution in [-0.4, -0.2) is 44.1 Å². The molecule has 7 heteroatoms. The Bertz CT molecular complexity index is 521. The van der Waals surface area contributed by atoms with Crippen molar-refractivity contribution in [2.75, 3.05) is 26.2 Å². The van der Waals surface area contributed by atoms with Gasteiger partial charge in [0.25, 0.3) is 0 Å². The molecular formula is C13H23N3O3S. The summed E-state index contributed by atoms with van der Waals surface area (Å²) in [7, 11) is -3.33. The van der Waals surface area contributed by atoms with Gasteiger partial charge >= 0.3 is 0 Å². The highest BCUT2D eigenvalue weighted by molar-refractivity contribution is 7.88. The van der Waals surface area contributed by atoms with Crippen LogP contribution in [0.4, 0.5) is 0 Å². The molecule has 1 N–H and O–H groups in total. The van der Waals surface area contributed by atoms with Gasteiger partial charge in [0.2, 0.25) is 10.0 Å². The van der Waals surface area contributed by atoms with Gasteiger partial charge < -0.3 is 9.84 Å². The number of sulfonamides is 1. The minimum absolute atomic E-state index is 0.0850.